The van der Waals surface area contributed by atoms with Crippen molar-refractivity contribution < 1.29 is 14.4 Å². The molecule has 1 saturated carbocycles. The Kier molecular flexibility index (Phi) is 7.65. The van der Waals surface area contributed by atoms with Crippen LogP contribution in [0.5, 0.6) is 0 Å². The van der Waals surface area contributed by atoms with Crippen molar-refractivity contribution in [2.24, 2.45) is 5.92 Å². The molecule has 0 bridgehead atoms. The summed E-state index contributed by atoms with van der Waals surface area (Å²) in [5.41, 5.74) is 1.32. The quantitative estimate of drug-likeness (QED) is 0.582. The summed E-state index contributed by atoms with van der Waals surface area (Å²) in [6, 6.07) is 15.8. The van der Waals surface area contributed by atoms with Crippen LogP contribution in [0, 0.1) is 5.92 Å². The van der Waals surface area contributed by atoms with Crippen molar-refractivity contribution in [2.45, 2.75) is 57.0 Å². The number of fused-ring (bicyclic) bond motifs is 1. The molecule has 2 aromatic rings. The van der Waals surface area contributed by atoms with Gasteiger partial charge in [-0.1, -0.05) is 42.6 Å². The van der Waals surface area contributed by atoms with Crippen molar-refractivity contribution in [1.29, 1.82) is 0 Å². The van der Waals surface area contributed by atoms with Crippen LogP contribution in [0.3, 0.4) is 0 Å². The van der Waals surface area contributed by atoms with E-state index in [1.165, 1.54) is 0 Å². The number of nitrogens with zero attached hydrogens (tertiary/aromatic N) is 1. The molecule has 0 radical (unpaired) electrons. The highest BCUT2D eigenvalue weighted by atomic mass is 35.5. The Labute approximate surface area is 199 Å². The number of hydrogen-bond donors (Lipinski definition) is 2. The van der Waals surface area contributed by atoms with E-state index >= 15 is 0 Å². The Hall–Kier alpha value is -2.86. The fourth-order valence-electron chi connectivity index (χ4n) is 5.05. The molecule has 1 heterocycles. The summed E-state index contributed by atoms with van der Waals surface area (Å²) in [5, 5.41) is 6.40. The molecule has 2 aromatic carbocycles. The van der Waals surface area contributed by atoms with Crippen LogP contribution in [0.4, 0.5) is 5.69 Å². The maximum Gasteiger partial charge on any atom is 0.254 e. The van der Waals surface area contributed by atoms with Crippen LogP contribution < -0.4 is 10.6 Å². The number of hydrogen-bond acceptors (Lipinski definition) is 3. The molecule has 0 aromatic heterocycles. The van der Waals surface area contributed by atoms with Crippen molar-refractivity contribution in [3.63, 3.8) is 0 Å². The largest absolute Gasteiger partial charge is 0.354 e. The second-order valence-corrected chi connectivity index (χ2v) is 9.33. The van der Waals surface area contributed by atoms with Gasteiger partial charge in [0.15, 0.2) is 0 Å². The van der Waals surface area contributed by atoms with Gasteiger partial charge < -0.3 is 15.5 Å². The third-order valence-electron chi connectivity index (χ3n) is 6.65. The minimum Gasteiger partial charge on any atom is -0.354 e. The summed E-state index contributed by atoms with van der Waals surface area (Å²) in [7, 11) is 0. The zero-order valence-electron chi connectivity index (χ0n) is 18.6. The molecule has 7 heteroatoms. The van der Waals surface area contributed by atoms with Crippen molar-refractivity contribution in [1.82, 2.24) is 10.2 Å². The van der Waals surface area contributed by atoms with Gasteiger partial charge in [-0.25, -0.2) is 0 Å². The van der Waals surface area contributed by atoms with E-state index in [1.807, 2.05) is 35.2 Å². The van der Waals surface area contributed by atoms with Crippen LogP contribution >= 0.6 is 11.6 Å². The lowest BCUT2D eigenvalue weighted by Gasteiger charge is -2.33. The Bertz CT molecular complexity index is 980. The summed E-state index contributed by atoms with van der Waals surface area (Å²) < 4.78 is 0. The minimum absolute atomic E-state index is 0.0625. The van der Waals surface area contributed by atoms with E-state index in [9.17, 15) is 14.4 Å². The average molecular weight is 468 g/mol. The van der Waals surface area contributed by atoms with Gasteiger partial charge in [-0.3, -0.25) is 14.4 Å². The van der Waals surface area contributed by atoms with E-state index in [2.05, 4.69) is 10.6 Å². The third-order valence-corrected chi connectivity index (χ3v) is 6.91. The molecule has 2 aliphatic rings. The van der Waals surface area contributed by atoms with Gasteiger partial charge in [-0.2, -0.15) is 0 Å². The fraction of sp³-hybridized carbons (Fsp3) is 0.423. The van der Waals surface area contributed by atoms with E-state index < -0.39 is 6.04 Å². The number of nitrogens with one attached hydrogen (secondary N) is 2. The first-order valence-corrected chi connectivity index (χ1v) is 12.1. The highest BCUT2D eigenvalue weighted by Gasteiger charge is 2.47. The first-order valence-electron chi connectivity index (χ1n) is 11.7. The van der Waals surface area contributed by atoms with Crippen LogP contribution in [-0.4, -0.2) is 41.2 Å². The lowest BCUT2D eigenvalue weighted by atomic mass is 9.84. The summed E-state index contributed by atoms with van der Waals surface area (Å²) >= 11 is 5.86. The number of carbonyl (C=O) groups is 3. The molecule has 2 N–H and O–H groups in total. The molecule has 3 unspecified atom stereocenters. The molecular formula is C26H30ClN3O3. The van der Waals surface area contributed by atoms with Crippen LogP contribution in [0.15, 0.2) is 54.6 Å². The van der Waals surface area contributed by atoms with E-state index in [4.69, 9.17) is 11.6 Å². The topological polar surface area (TPSA) is 78.5 Å². The van der Waals surface area contributed by atoms with Crippen LogP contribution in [0.2, 0.25) is 5.02 Å². The van der Waals surface area contributed by atoms with E-state index in [-0.39, 0.29) is 23.8 Å². The Morgan fingerprint density at radius 1 is 0.970 bits per heavy atom. The number of benzene rings is 2. The molecule has 0 spiro atoms. The van der Waals surface area contributed by atoms with Gasteiger partial charge in [0.2, 0.25) is 11.8 Å². The molecule has 33 heavy (non-hydrogen) atoms. The zero-order chi connectivity index (χ0) is 23.2. The lowest BCUT2D eigenvalue weighted by Crippen LogP contribution is -2.49. The second-order valence-electron chi connectivity index (χ2n) is 8.89. The van der Waals surface area contributed by atoms with Gasteiger partial charge in [-0.05, 0) is 68.0 Å². The SMILES string of the molecule is O=C(CCCNC(=O)C1CC2CCCCC2N1C(=O)c1ccccc1)Nc1ccc(Cl)cc1. The molecule has 1 aliphatic carbocycles. The predicted octanol–water partition coefficient (Wildman–Crippen LogP) is 4.65. The molecule has 6 nitrogen and oxygen atoms in total. The number of rotatable bonds is 7. The van der Waals surface area contributed by atoms with Gasteiger partial charge in [0, 0.05) is 35.3 Å². The summed E-state index contributed by atoms with van der Waals surface area (Å²) in [5.74, 6) is 0.0888. The lowest BCUT2D eigenvalue weighted by molar-refractivity contribution is -0.125. The Morgan fingerprint density at radius 3 is 2.45 bits per heavy atom. The third kappa shape index (κ3) is 5.74. The van der Waals surface area contributed by atoms with Gasteiger partial charge in [0.1, 0.15) is 6.04 Å². The van der Waals surface area contributed by atoms with E-state index in [0.29, 0.717) is 48.0 Å². The number of likely N-dealkylation sites (tertiary alicyclic amines) is 1. The van der Waals surface area contributed by atoms with E-state index in [1.54, 1.807) is 24.3 Å². The fourth-order valence-corrected chi connectivity index (χ4v) is 5.18. The van der Waals surface area contributed by atoms with Crippen LogP contribution in [0.25, 0.3) is 0 Å². The molecule has 2 fully saturated rings. The first kappa shape index (κ1) is 23.3. The van der Waals surface area contributed by atoms with Crippen molar-refractivity contribution in [3.8, 4) is 0 Å². The monoisotopic (exact) mass is 467 g/mol. The molecule has 174 valence electrons. The Balaban J connectivity index is 1.31. The predicted molar refractivity (Wildman–Crippen MR) is 129 cm³/mol. The summed E-state index contributed by atoms with van der Waals surface area (Å²) in [6.45, 7) is 0.395. The zero-order valence-corrected chi connectivity index (χ0v) is 19.4. The second kappa shape index (κ2) is 10.8. The number of anilines is 1. The maximum atomic E-state index is 13.3. The molecule has 1 saturated heterocycles. The highest BCUT2D eigenvalue weighted by molar-refractivity contribution is 6.30. The maximum absolute atomic E-state index is 13.3. The number of halogens is 1. The number of amides is 3. The van der Waals surface area contributed by atoms with Crippen molar-refractivity contribution >= 4 is 35.0 Å². The molecule has 3 amide bonds. The van der Waals surface area contributed by atoms with Gasteiger partial charge >= 0.3 is 0 Å². The average Bonchev–Trinajstić information content (AvgIpc) is 3.23. The number of carbonyl (C=O) groups excluding carboxylic acids is 3. The highest BCUT2D eigenvalue weighted by Crippen LogP contribution is 2.40. The van der Waals surface area contributed by atoms with Crippen molar-refractivity contribution in [3.05, 3.63) is 65.2 Å². The molecule has 1 aliphatic heterocycles. The normalized spacial score (nSPS) is 21.8. The summed E-state index contributed by atoms with van der Waals surface area (Å²) in [6.07, 6.45) is 5.81. The smallest absolute Gasteiger partial charge is 0.254 e. The molecule has 4 rings (SSSR count). The first-order chi connectivity index (χ1) is 16.0. The Morgan fingerprint density at radius 2 is 1.70 bits per heavy atom. The van der Waals surface area contributed by atoms with Crippen molar-refractivity contribution in [2.75, 3.05) is 11.9 Å². The van der Waals surface area contributed by atoms with E-state index in [0.717, 1.165) is 25.7 Å². The van der Waals surface area contributed by atoms with Gasteiger partial charge in [0.05, 0.1) is 0 Å². The minimum atomic E-state index is -0.450. The van der Waals surface area contributed by atoms with Crippen LogP contribution in [-0.2, 0) is 9.59 Å². The van der Waals surface area contributed by atoms with Gasteiger partial charge in [0.25, 0.3) is 5.91 Å². The van der Waals surface area contributed by atoms with Crippen LogP contribution in [0.1, 0.15) is 55.3 Å². The molecular weight excluding hydrogens is 438 g/mol. The van der Waals surface area contributed by atoms with Gasteiger partial charge in [-0.15, -0.1) is 0 Å². The molecule has 3 atom stereocenters. The summed E-state index contributed by atoms with van der Waals surface area (Å²) in [4.78, 5) is 40.4. The standard InChI is InChI=1S/C26H30ClN3O3/c27-20-12-14-21(15-13-20)29-24(31)11-6-16-28-25(32)23-17-19-9-4-5-10-22(19)30(23)26(33)18-7-2-1-3-8-18/h1-3,7-8,12-15,19,22-23H,4-6,9-11,16-17H2,(H,28,32)(H,29,31).